The molecule has 1 atom stereocenters. The molecule has 0 unspecified atom stereocenters. The van der Waals surface area contributed by atoms with E-state index < -0.39 is 18.0 Å². The van der Waals surface area contributed by atoms with Gasteiger partial charge in [0.15, 0.2) is 0 Å². The Labute approximate surface area is 142 Å². The third-order valence-electron chi connectivity index (χ3n) is 3.37. The first-order chi connectivity index (χ1) is 11.4. The van der Waals surface area contributed by atoms with Crippen molar-refractivity contribution in [2.45, 2.75) is 71.1 Å². The van der Waals surface area contributed by atoms with E-state index in [4.69, 9.17) is 14.2 Å². The summed E-state index contributed by atoms with van der Waals surface area (Å²) in [6.07, 6.45) is 6.37. The minimum Gasteiger partial charge on any atom is -0.460 e. The van der Waals surface area contributed by atoms with E-state index in [1.54, 1.807) is 20.8 Å². The van der Waals surface area contributed by atoms with Crippen molar-refractivity contribution in [1.29, 1.82) is 0 Å². The molecule has 0 saturated heterocycles. The minimum atomic E-state index is -0.676. The van der Waals surface area contributed by atoms with Crippen molar-refractivity contribution in [3.05, 3.63) is 12.2 Å². The van der Waals surface area contributed by atoms with Crippen LogP contribution in [0.3, 0.4) is 0 Å². The summed E-state index contributed by atoms with van der Waals surface area (Å²) < 4.78 is 15.1. The van der Waals surface area contributed by atoms with Gasteiger partial charge < -0.3 is 19.5 Å². The average Bonchev–Trinajstić information content (AvgIpc) is 2.51. The topological polar surface area (TPSA) is 90.9 Å². The fourth-order valence-electron chi connectivity index (χ4n) is 2.27. The van der Waals surface area contributed by atoms with Crippen molar-refractivity contribution < 1.29 is 28.6 Å². The van der Waals surface area contributed by atoms with Gasteiger partial charge in [0.25, 0.3) is 0 Å². The molecular weight excluding hydrogens is 314 g/mol. The zero-order chi connectivity index (χ0) is 17.9. The second-order valence-corrected chi connectivity index (χ2v) is 6.16. The zero-order valence-corrected chi connectivity index (χ0v) is 14.6. The second-order valence-electron chi connectivity index (χ2n) is 6.16. The lowest BCUT2D eigenvalue weighted by Crippen LogP contribution is -2.38. The summed E-state index contributed by atoms with van der Waals surface area (Å²) in [5.41, 5.74) is 0. The molecule has 1 aliphatic rings. The van der Waals surface area contributed by atoms with Crippen molar-refractivity contribution in [2.24, 2.45) is 0 Å². The monoisotopic (exact) mass is 341 g/mol. The highest BCUT2D eigenvalue weighted by molar-refractivity contribution is 5.91. The fraction of sp³-hybridized carbons (Fsp3) is 0.706. The van der Waals surface area contributed by atoms with Crippen LogP contribution in [0.15, 0.2) is 12.2 Å². The van der Waals surface area contributed by atoms with Crippen LogP contribution in [0.5, 0.6) is 0 Å². The summed E-state index contributed by atoms with van der Waals surface area (Å²) in [6.45, 7) is 5.11. The van der Waals surface area contributed by atoms with Crippen molar-refractivity contribution in [1.82, 2.24) is 5.32 Å². The van der Waals surface area contributed by atoms with Gasteiger partial charge in [0, 0.05) is 12.2 Å². The highest BCUT2D eigenvalue weighted by Gasteiger charge is 2.19. The first kappa shape index (κ1) is 20.0. The Morgan fingerprint density at radius 2 is 1.67 bits per heavy atom. The van der Waals surface area contributed by atoms with Gasteiger partial charge in [-0.3, -0.25) is 0 Å². The smallest absolute Gasteiger partial charge is 0.407 e. The molecule has 0 aliphatic heterocycles. The third-order valence-corrected chi connectivity index (χ3v) is 3.37. The largest absolute Gasteiger partial charge is 0.460 e. The summed E-state index contributed by atoms with van der Waals surface area (Å²) in [5, 5.41) is 2.62. The summed E-state index contributed by atoms with van der Waals surface area (Å²) >= 11 is 0. The lowest BCUT2D eigenvalue weighted by atomic mass is 9.98. The van der Waals surface area contributed by atoms with Crippen molar-refractivity contribution in [3.63, 3.8) is 0 Å². The van der Waals surface area contributed by atoms with Crippen LogP contribution >= 0.6 is 0 Å². The molecule has 7 heteroatoms. The third kappa shape index (κ3) is 9.17. The molecule has 1 fully saturated rings. The van der Waals surface area contributed by atoms with Crippen molar-refractivity contribution in [3.8, 4) is 0 Å². The van der Waals surface area contributed by atoms with Gasteiger partial charge in [0.2, 0.25) is 0 Å². The molecule has 0 aromatic heterocycles. The Balaban J connectivity index is 2.20. The standard InChI is InChI=1S/C17H27NO6/c1-12(2)23-16(20)10-9-15(19)22-11-13(3)18-17(21)24-14-7-5-4-6-8-14/h9-10,12-14H,4-8,11H2,1-3H3,(H,18,21)/b10-9+/t13-/m1/s1. The first-order valence-corrected chi connectivity index (χ1v) is 8.39. The van der Waals surface area contributed by atoms with Crippen molar-refractivity contribution >= 4 is 18.0 Å². The average molecular weight is 341 g/mol. The van der Waals surface area contributed by atoms with E-state index in [-0.39, 0.29) is 24.9 Å². The summed E-state index contributed by atoms with van der Waals surface area (Å²) in [7, 11) is 0. The van der Waals surface area contributed by atoms with Gasteiger partial charge >= 0.3 is 18.0 Å². The number of carbonyl (C=O) groups is 3. The maximum absolute atomic E-state index is 11.7. The van der Waals surface area contributed by atoms with Crippen LogP contribution in [-0.4, -0.2) is 42.9 Å². The number of ether oxygens (including phenoxy) is 3. The molecule has 136 valence electrons. The molecule has 0 radical (unpaired) electrons. The fourth-order valence-corrected chi connectivity index (χ4v) is 2.27. The van der Waals surface area contributed by atoms with Crippen LogP contribution in [0.4, 0.5) is 4.79 Å². The van der Waals surface area contributed by atoms with Crippen LogP contribution in [0.2, 0.25) is 0 Å². The molecule has 1 saturated carbocycles. The number of amides is 1. The molecule has 1 aliphatic carbocycles. The summed E-state index contributed by atoms with van der Waals surface area (Å²) in [5.74, 6) is -1.28. The summed E-state index contributed by atoms with van der Waals surface area (Å²) in [6, 6.07) is -0.388. The molecule has 0 aromatic carbocycles. The summed E-state index contributed by atoms with van der Waals surface area (Å²) in [4.78, 5) is 34.5. The van der Waals surface area contributed by atoms with Gasteiger partial charge in [0.05, 0.1) is 12.1 Å². The molecule has 0 bridgehead atoms. The van der Waals surface area contributed by atoms with E-state index in [1.807, 2.05) is 0 Å². The highest BCUT2D eigenvalue weighted by Crippen LogP contribution is 2.20. The molecule has 0 heterocycles. The molecule has 7 nitrogen and oxygen atoms in total. The Morgan fingerprint density at radius 1 is 1.04 bits per heavy atom. The molecule has 0 aromatic rings. The van der Waals surface area contributed by atoms with Gasteiger partial charge in [-0.15, -0.1) is 0 Å². The second kappa shape index (κ2) is 10.7. The van der Waals surface area contributed by atoms with Crippen LogP contribution in [0.25, 0.3) is 0 Å². The number of nitrogens with one attached hydrogen (secondary N) is 1. The molecule has 0 spiro atoms. The van der Waals surface area contributed by atoms with E-state index in [0.717, 1.165) is 37.8 Å². The quantitative estimate of drug-likeness (QED) is 0.434. The first-order valence-electron chi connectivity index (χ1n) is 8.39. The molecule has 1 amide bonds. The van der Waals surface area contributed by atoms with Gasteiger partial charge in [-0.2, -0.15) is 0 Å². The predicted octanol–water partition coefficient (Wildman–Crippen LogP) is 2.48. The zero-order valence-electron chi connectivity index (χ0n) is 14.6. The molecule has 24 heavy (non-hydrogen) atoms. The van der Waals surface area contributed by atoms with Crippen LogP contribution < -0.4 is 5.32 Å². The molecular formula is C17H27NO6. The number of hydrogen-bond acceptors (Lipinski definition) is 6. The lowest BCUT2D eigenvalue weighted by Gasteiger charge is -2.23. The number of hydrogen-bond donors (Lipinski definition) is 1. The van der Waals surface area contributed by atoms with Gasteiger partial charge in [-0.05, 0) is 46.5 Å². The van der Waals surface area contributed by atoms with Crippen LogP contribution in [0.1, 0.15) is 52.9 Å². The van der Waals surface area contributed by atoms with E-state index in [9.17, 15) is 14.4 Å². The lowest BCUT2D eigenvalue weighted by molar-refractivity contribution is -0.143. The Hall–Kier alpha value is -2.05. The van der Waals surface area contributed by atoms with E-state index >= 15 is 0 Å². The maximum Gasteiger partial charge on any atom is 0.407 e. The van der Waals surface area contributed by atoms with Crippen LogP contribution in [0, 0.1) is 0 Å². The number of esters is 2. The van der Waals surface area contributed by atoms with E-state index in [2.05, 4.69) is 5.32 Å². The molecule has 1 rings (SSSR count). The molecule has 1 N–H and O–H groups in total. The Bertz CT molecular complexity index is 454. The minimum absolute atomic E-state index is 0.0117. The Kier molecular flexibility index (Phi) is 8.89. The van der Waals surface area contributed by atoms with Gasteiger partial charge in [-0.1, -0.05) is 6.42 Å². The number of alkyl carbamates (subject to hydrolysis) is 1. The van der Waals surface area contributed by atoms with Crippen molar-refractivity contribution in [2.75, 3.05) is 6.61 Å². The van der Waals surface area contributed by atoms with Gasteiger partial charge in [0.1, 0.15) is 12.7 Å². The van der Waals surface area contributed by atoms with Gasteiger partial charge in [-0.25, -0.2) is 14.4 Å². The SMILES string of the molecule is CC(C)OC(=O)/C=C/C(=O)OC[C@@H](C)NC(=O)OC1CCCCC1. The number of carbonyl (C=O) groups excluding carboxylic acids is 3. The maximum atomic E-state index is 11.7. The highest BCUT2D eigenvalue weighted by atomic mass is 16.6. The van der Waals surface area contributed by atoms with E-state index in [1.165, 1.54) is 6.42 Å². The normalized spacial score (nSPS) is 16.7. The predicted molar refractivity (Wildman–Crippen MR) is 87.3 cm³/mol. The number of rotatable bonds is 7. The Morgan fingerprint density at radius 3 is 2.29 bits per heavy atom. The van der Waals surface area contributed by atoms with Crippen LogP contribution in [-0.2, 0) is 23.8 Å². The van der Waals surface area contributed by atoms with E-state index in [0.29, 0.717) is 0 Å².